The molecule has 1 aliphatic rings. The molecule has 1 N–H and O–H groups in total. The minimum atomic E-state index is -0.117. The maximum absolute atomic E-state index is 11.8. The monoisotopic (exact) mass is 241 g/mol. The Balaban J connectivity index is 2.33. The largest absolute Gasteiger partial charge is 0.358 e. The van der Waals surface area contributed by atoms with Crippen LogP contribution in [0.5, 0.6) is 0 Å². The van der Waals surface area contributed by atoms with Crippen LogP contribution in [-0.2, 0) is 14.4 Å². The van der Waals surface area contributed by atoms with Gasteiger partial charge in [0.15, 0.2) is 0 Å². The summed E-state index contributed by atoms with van der Waals surface area (Å²) in [5.41, 5.74) is 0. The minimum Gasteiger partial charge on any atom is -0.358 e. The third-order valence-electron chi connectivity index (χ3n) is 2.77. The highest BCUT2D eigenvalue weighted by atomic mass is 16.2. The first kappa shape index (κ1) is 13.6. The van der Waals surface area contributed by atoms with Gasteiger partial charge in [0.2, 0.25) is 11.8 Å². The van der Waals surface area contributed by atoms with E-state index in [0.29, 0.717) is 25.9 Å². The van der Waals surface area contributed by atoms with Gasteiger partial charge in [0.25, 0.3) is 0 Å². The normalized spacial score (nSPS) is 16.2. The Kier molecular flexibility index (Phi) is 5.09. The standard InChI is InChI=1S/C11H19N3O3/c1-12-10(16)7-13(2)8-11(17)14-5-3-9(15)4-6-14/h3-8H2,1-2H3,(H,12,16). The average Bonchev–Trinajstić information content (AvgIpc) is 2.29. The summed E-state index contributed by atoms with van der Waals surface area (Å²) >= 11 is 0. The van der Waals surface area contributed by atoms with Crippen molar-refractivity contribution in [2.75, 3.05) is 40.3 Å². The number of nitrogens with one attached hydrogen (secondary N) is 1. The van der Waals surface area contributed by atoms with E-state index in [2.05, 4.69) is 5.32 Å². The maximum Gasteiger partial charge on any atom is 0.236 e. The Morgan fingerprint density at radius 3 is 2.41 bits per heavy atom. The highest BCUT2D eigenvalue weighted by molar-refractivity contribution is 5.84. The van der Waals surface area contributed by atoms with Crippen LogP contribution in [0.1, 0.15) is 12.8 Å². The predicted molar refractivity (Wildman–Crippen MR) is 62.4 cm³/mol. The summed E-state index contributed by atoms with van der Waals surface area (Å²) in [6.07, 6.45) is 0.899. The topological polar surface area (TPSA) is 69.7 Å². The summed E-state index contributed by atoms with van der Waals surface area (Å²) in [7, 11) is 3.29. The molecule has 17 heavy (non-hydrogen) atoms. The fourth-order valence-corrected chi connectivity index (χ4v) is 1.72. The number of rotatable bonds is 4. The van der Waals surface area contributed by atoms with Crippen LogP contribution in [0.4, 0.5) is 0 Å². The maximum atomic E-state index is 11.8. The quantitative estimate of drug-likeness (QED) is 0.675. The van der Waals surface area contributed by atoms with E-state index in [0.717, 1.165) is 0 Å². The highest BCUT2D eigenvalue weighted by Crippen LogP contribution is 2.06. The van der Waals surface area contributed by atoms with Crippen molar-refractivity contribution in [1.29, 1.82) is 0 Å². The molecule has 0 atom stereocenters. The lowest BCUT2D eigenvalue weighted by atomic mass is 10.1. The van der Waals surface area contributed by atoms with Crippen molar-refractivity contribution in [3.05, 3.63) is 0 Å². The Hall–Kier alpha value is -1.43. The van der Waals surface area contributed by atoms with Crippen LogP contribution in [0.15, 0.2) is 0 Å². The molecule has 0 aromatic carbocycles. The number of Topliss-reactive ketones (excluding diaryl/α,β-unsaturated/α-hetero) is 1. The van der Waals surface area contributed by atoms with E-state index in [1.807, 2.05) is 0 Å². The second-order valence-electron chi connectivity index (χ2n) is 4.26. The highest BCUT2D eigenvalue weighted by Gasteiger charge is 2.21. The van der Waals surface area contributed by atoms with Gasteiger partial charge < -0.3 is 10.2 Å². The fourth-order valence-electron chi connectivity index (χ4n) is 1.72. The first-order valence-electron chi connectivity index (χ1n) is 5.71. The molecule has 1 saturated heterocycles. The van der Waals surface area contributed by atoms with Gasteiger partial charge in [0.05, 0.1) is 13.1 Å². The summed E-state index contributed by atoms with van der Waals surface area (Å²) in [4.78, 5) is 37.3. The number of likely N-dealkylation sites (N-methyl/N-ethyl adjacent to an activating group) is 2. The van der Waals surface area contributed by atoms with Gasteiger partial charge in [-0.2, -0.15) is 0 Å². The lowest BCUT2D eigenvalue weighted by Gasteiger charge is -2.27. The molecule has 0 radical (unpaired) electrons. The third-order valence-corrected chi connectivity index (χ3v) is 2.77. The Bertz CT molecular complexity index is 307. The van der Waals surface area contributed by atoms with Crippen molar-refractivity contribution in [2.45, 2.75) is 12.8 Å². The van der Waals surface area contributed by atoms with Crippen LogP contribution >= 0.6 is 0 Å². The van der Waals surface area contributed by atoms with Gasteiger partial charge in [-0.15, -0.1) is 0 Å². The second-order valence-corrected chi connectivity index (χ2v) is 4.26. The third kappa shape index (κ3) is 4.52. The van der Waals surface area contributed by atoms with Crippen LogP contribution in [0.2, 0.25) is 0 Å². The summed E-state index contributed by atoms with van der Waals surface area (Å²) in [5, 5.41) is 2.50. The molecule has 0 aliphatic carbocycles. The summed E-state index contributed by atoms with van der Waals surface area (Å²) in [5.74, 6) is 0.0748. The molecular formula is C11H19N3O3. The van der Waals surface area contributed by atoms with Gasteiger partial charge in [-0.05, 0) is 7.05 Å². The number of ketones is 1. The van der Waals surface area contributed by atoms with Crippen molar-refractivity contribution >= 4 is 17.6 Å². The molecule has 0 aromatic rings. The first-order chi connectivity index (χ1) is 8.02. The van der Waals surface area contributed by atoms with Crippen molar-refractivity contribution in [2.24, 2.45) is 0 Å². The zero-order valence-corrected chi connectivity index (χ0v) is 10.4. The van der Waals surface area contributed by atoms with Gasteiger partial charge in [-0.25, -0.2) is 0 Å². The summed E-state index contributed by atoms with van der Waals surface area (Å²) in [6.45, 7) is 1.42. The van der Waals surface area contributed by atoms with Gasteiger partial charge in [-0.1, -0.05) is 0 Å². The van der Waals surface area contributed by atoms with Crippen molar-refractivity contribution in [1.82, 2.24) is 15.1 Å². The molecule has 0 unspecified atom stereocenters. The molecular weight excluding hydrogens is 222 g/mol. The molecule has 96 valence electrons. The van der Waals surface area contributed by atoms with E-state index in [9.17, 15) is 14.4 Å². The molecule has 2 amide bonds. The molecule has 0 saturated carbocycles. The van der Waals surface area contributed by atoms with Crippen LogP contribution in [0, 0.1) is 0 Å². The fraction of sp³-hybridized carbons (Fsp3) is 0.727. The van der Waals surface area contributed by atoms with E-state index >= 15 is 0 Å². The number of piperidine rings is 1. The zero-order chi connectivity index (χ0) is 12.8. The molecule has 6 heteroatoms. The summed E-state index contributed by atoms with van der Waals surface area (Å²) in [6, 6.07) is 0. The lowest BCUT2D eigenvalue weighted by Crippen LogP contribution is -2.45. The predicted octanol–water partition coefficient (Wildman–Crippen LogP) is -1.14. The van der Waals surface area contributed by atoms with Crippen LogP contribution < -0.4 is 5.32 Å². The molecule has 0 bridgehead atoms. The SMILES string of the molecule is CNC(=O)CN(C)CC(=O)N1CCC(=O)CC1. The molecule has 1 aliphatic heterocycles. The lowest BCUT2D eigenvalue weighted by molar-refractivity contribution is -0.135. The number of amides is 2. The molecule has 1 rings (SSSR count). The van der Waals surface area contributed by atoms with Crippen molar-refractivity contribution in [3.63, 3.8) is 0 Å². The van der Waals surface area contributed by atoms with Crippen molar-refractivity contribution in [3.8, 4) is 0 Å². The Morgan fingerprint density at radius 1 is 1.29 bits per heavy atom. The van der Waals surface area contributed by atoms with Crippen LogP contribution in [-0.4, -0.2) is 67.7 Å². The number of hydrogen-bond donors (Lipinski definition) is 1. The number of hydrogen-bond acceptors (Lipinski definition) is 4. The van der Waals surface area contributed by atoms with E-state index in [-0.39, 0.29) is 30.7 Å². The summed E-state index contributed by atoms with van der Waals surface area (Å²) < 4.78 is 0. The molecule has 0 aromatic heterocycles. The molecule has 6 nitrogen and oxygen atoms in total. The van der Waals surface area contributed by atoms with Crippen LogP contribution in [0.25, 0.3) is 0 Å². The van der Waals surface area contributed by atoms with Gasteiger partial charge in [-0.3, -0.25) is 19.3 Å². The average molecular weight is 241 g/mol. The van der Waals surface area contributed by atoms with Gasteiger partial charge in [0.1, 0.15) is 5.78 Å². The molecule has 1 heterocycles. The Labute approximate surface area is 101 Å². The minimum absolute atomic E-state index is 0.0242. The van der Waals surface area contributed by atoms with Gasteiger partial charge in [0, 0.05) is 33.0 Å². The van der Waals surface area contributed by atoms with Crippen molar-refractivity contribution < 1.29 is 14.4 Å². The number of likely N-dealkylation sites (tertiary alicyclic amines) is 1. The van der Waals surface area contributed by atoms with Gasteiger partial charge >= 0.3 is 0 Å². The number of carbonyl (C=O) groups excluding carboxylic acids is 3. The molecule has 0 spiro atoms. The number of carbonyl (C=O) groups is 3. The smallest absolute Gasteiger partial charge is 0.236 e. The number of nitrogens with zero attached hydrogens (tertiary/aromatic N) is 2. The first-order valence-corrected chi connectivity index (χ1v) is 5.71. The van der Waals surface area contributed by atoms with Crippen LogP contribution in [0.3, 0.4) is 0 Å². The molecule has 1 fully saturated rings. The van der Waals surface area contributed by atoms with E-state index in [1.54, 1.807) is 23.9 Å². The van der Waals surface area contributed by atoms with E-state index in [4.69, 9.17) is 0 Å². The zero-order valence-electron chi connectivity index (χ0n) is 10.4. The Morgan fingerprint density at radius 2 is 1.88 bits per heavy atom. The second kappa shape index (κ2) is 6.34. The van der Waals surface area contributed by atoms with E-state index in [1.165, 1.54) is 0 Å². The van der Waals surface area contributed by atoms with E-state index < -0.39 is 0 Å².